The van der Waals surface area contributed by atoms with Crippen LogP contribution in [0, 0.1) is 18.3 Å². The van der Waals surface area contributed by atoms with Gasteiger partial charge in [-0.3, -0.25) is 0 Å². The normalized spacial score (nSPS) is 23.6. The molecule has 0 spiro atoms. The van der Waals surface area contributed by atoms with Gasteiger partial charge < -0.3 is 10.1 Å². The maximum absolute atomic E-state index is 8.84. The number of rotatable bonds is 3. The van der Waals surface area contributed by atoms with Gasteiger partial charge in [0.25, 0.3) is 0 Å². The number of hydrogen-bond donors (Lipinski definition) is 1. The van der Waals surface area contributed by atoms with Crippen LogP contribution >= 0.6 is 0 Å². The summed E-state index contributed by atoms with van der Waals surface area (Å²) in [4.78, 5) is 0. The molecule has 3 nitrogen and oxygen atoms in total. The van der Waals surface area contributed by atoms with Crippen LogP contribution in [0.5, 0.6) is 0 Å². The van der Waals surface area contributed by atoms with E-state index in [9.17, 15) is 0 Å². The minimum Gasteiger partial charge on any atom is -0.378 e. The van der Waals surface area contributed by atoms with Crippen molar-refractivity contribution in [1.29, 1.82) is 5.26 Å². The van der Waals surface area contributed by atoms with Gasteiger partial charge in [-0.15, -0.1) is 0 Å². The lowest BCUT2D eigenvalue weighted by Gasteiger charge is -2.28. The monoisotopic (exact) mass is 244 g/mol. The number of aryl methyl sites for hydroxylation is 1. The number of ether oxygens (including phenoxy) is 1. The van der Waals surface area contributed by atoms with Gasteiger partial charge in [-0.25, -0.2) is 0 Å². The molecule has 2 unspecified atom stereocenters. The SMILES string of the molecule is Cc1cc(C#N)ccc1CNC1CCOC(C)C1. The molecular weight excluding hydrogens is 224 g/mol. The maximum Gasteiger partial charge on any atom is 0.0991 e. The Labute approximate surface area is 109 Å². The van der Waals surface area contributed by atoms with E-state index in [1.165, 1.54) is 11.1 Å². The van der Waals surface area contributed by atoms with Crippen LogP contribution in [-0.2, 0) is 11.3 Å². The van der Waals surface area contributed by atoms with Gasteiger partial charge >= 0.3 is 0 Å². The molecular formula is C15H20N2O. The highest BCUT2D eigenvalue weighted by molar-refractivity contribution is 5.37. The second-order valence-electron chi connectivity index (χ2n) is 5.04. The number of nitrogens with one attached hydrogen (secondary N) is 1. The zero-order valence-corrected chi connectivity index (χ0v) is 11.1. The lowest BCUT2D eigenvalue weighted by Crippen LogP contribution is -2.37. The zero-order valence-electron chi connectivity index (χ0n) is 11.1. The Morgan fingerprint density at radius 1 is 1.50 bits per heavy atom. The molecule has 0 bridgehead atoms. The molecule has 0 radical (unpaired) electrons. The number of nitriles is 1. The van der Waals surface area contributed by atoms with Gasteiger partial charge in [-0.2, -0.15) is 5.26 Å². The van der Waals surface area contributed by atoms with Gasteiger partial charge in [0.05, 0.1) is 17.7 Å². The predicted molar refractivity (Wildman–Crippen MR) is 71.2 cm³/mol. The third-order valence-electron chi connectivity index (χ3n) is 3.54. The van der Waals surface area contributed by atoms with E-state index in [1.54, 1.807) is 0 Å². The van der Waals surface area contributed by atoms with Crippen LogP contribution in [0.3, 0.4) is 0 Å². The summed E-state index contributed by atoms with van der Waals surface area (Å²) >= 11 is 0. The van der Waals surface area contributed by atoms with E-state index >= 15 is 0 Å². The molecule has 0 aliphatic carbocycles. The average Bonchev–Trinajstić information content (AvgIpc) is 2.37. The minimum absolute atomic E-state index is 0.360. The van der Waals surface area contributed by atoms with Gasteiger partial charge in [0.1, 0.15) is 0 Å². The number of nitrogens with zero attached hydrogens (tertiary/aromatic N) is 1. The van der Waals surface area contributed by atoms with E-state index in [4.69, 9.17) is 10.00 Å². The molecule has 1 aromatic rings. The van der Waals surface area contributed by atoms with E-state index in [2.05, 4.69) is 25.2 Å². The first-order valence-electron chi connectivity index (χ1n) is 6.53. The molecule has 1 aliphatic rings. The van der Waals surface area contributed by atoms with Crippen LogP contribution in [0.4, 0.5) is 0 Å². The summed E-state index contributed by atoms with van der Waals surface area (Å²) in [5, 5.41) is 12.4. The van der Waals surface area contributed by atoms with E-state index in [-0.39, 0.29) is 0 Å². The molecule has 1 aliphatic heterocycles. The average molecular weight is 244 g/mol. The fourth-order valence-electron chi connectivity index (χ4n) is 2.40. The molecule has 1 fully saturated rings. The molecule has 1 N–H and O–H groups in total. The van der Waals surface area contributed by atoms with Crippen molar-refractivity contribution in [2.75, 3.05) is 6.61 Å². The third-order valence-corrected chi connectivity index (χ3v) is 3.54. The molecule has 3 heteroatoms. The molecule has 18 heavy (non-hydrogen) atoms. The Hall–Kier alpha value is -1.37. The van der Waals surface area contributed by atoms with Crippen molar-refractivity contribution in [3.63, 3.8) is 0 Å². The van der Waals surface area contributed by atoms with E-state index < -0.39 is 0 Å². The van der Waals surface area contributed by atoms with Crippen LogP contribution in [0.25, 0.3) is 0 Å². The van der Waals surface area contributed by atoms with E-state index in [0.29, 0.717) is 12.1 Å². The highest BCUT2D eigenvalue weighted by Crippen LogP contribution is 2.15. The zero-order chi connectivity index (χ0) is 13.0. The molecule has 0 amide bonds. The van der Waals surface area contributed by atoms with Gasteiger partial charge in [0, 0.05) is 19.2 Å². The van der Waals surface area contributed by atoms with Crippen molar-refractivity contribution >= 4 is 0 Å². The van der Waals surface area contributed by atoms with Crippen LogP contribution < -0.4 is 5.32 Å². The third kappa shape index (κ3) is 3.32. The molecule has 2 atom stereocenters. The maximum atomic E-state index is 8.84. The topological polar surface area (TPSA) is 45.0 Å². The van der Waals surface area contributed by atoms with Crippen molar-refractivity contribution in [2.45, 2.75) is 45.4 Å². The number of hydrogen-bond acceptors (Lipinski definition) is 3. The van der Waals surface area contributed by atoms with Crippen LogP contribution in [0.2, 0.25) is 0 Å². The van der Waals surface area contributed by atoms with Gasteiger partial charge in [-0.1, -0.05) is 6.07 Å². The second-order valence-corrected chi connectivity index (χ2v) is 5.04. The van der Waals surface area contributed by atoms with Gasteiger partial charge in [0.15, 0.2) is 0 Å². The van der Waals surface area contributed by atoms with Crippen molar-refractivity contribution in [1.82, 2.24) is 5.32 Å². The van der Waals surface area contributed by atoms with E-state index in [1.807, 2.05) is 18.2 Å². The molecule has 96 valence electrons. The lowest BCUT2D eigenvalue weighted by atomic mass is 10.0. The molecule has 1 saturated heterocycles. The first-order chi connectivity index (χ1) is 8.69. The number of benzene rings is 1. The summed E-state index contributed by atoms with van der Waals surface area (Å²) in [7, 11) is 0. The van der Waals surface area contributed by atoms with Gasteiger partial charge in [-0.05, 0) is 49.9 Å². The molecule has 0 aromatic heterocycles. The summed E-state index contributed by atoms with van der Waals surface area (Å²) in [6.45, 7) is 5.91. The smallest absolute Gasteiger partial charge is 0.0991 e. The Morgan fingerprint density at radius 3 is 3.00 bits per heavy atom. The molecule has 0 saturated carbocycles. The molecule has 1 heterocycles. The highest BCUT2D eigenvalue weighted by atomic mass is 16.5. The standard InChI is InChI=1S/C15H20N2O/c1-11-7-13(9-16)3-4-14(11)10-17-15-5-6-18-12(2)8-15/h3-4,7,12,15,17H,5-6,8,10H2,1-2H3. The van der Waals surface area contributed by atoms with Crippen molar-refractivity contribution in [2.24, 2.45) is 0 Å². The van der Waals surface area contributed by atoms with Crippen LogP contribution in [0.1, 0.15) is 36.5 Å². The van der Waals surface area contributed by atoms with Gasteiger partial charge in [0.2, 0.25) is 0 Å². The summed E-state index contributed by atoms with van der Waals surface area (Å²) in [5.74, 6) is 0. The fraction of sp³-hybridized carbons (Fsp3) is 0.533. The predicted octanol–water partition coefficient (Wildman–Crippen LogP) is 2.52. The Bertz CT molecular complexity index is 450. The fourth-order valence-corrected chi connectivity index (χ4v) is 2.40. The van der Waals surface area contributed by atoms with Crippen molar-refractivity contribution < 1.29 is 4.74 Å². The highest BCUT2D eigenvalue weighted by Gasteiger charge is 2.18. The molecule has 1 aromatic carbocycles. The largest absolute Gasteiger partial charge is 0.378 e. The van der Waals surface area contributed by atoms with Crippen molar-refractivity contribution in [3.05, 3.63) is 34.9 Å². The quantitative estimate of drug-likeness (QED) is 0.888. The summed E-state index contributed by atoms with van der Waals surface area (Å²) in [6, 6.07) is 8.59. The Balaban J connectivity index is 1.92. The first-order valence-corrected chi connectivity index (χ1v) is 6.53. The summed E-state index contributed by atoms with van der Waals surface area (Å²) < 4.78 is 5.54. The molecule has 2 rings (SSSR count). The first kappa shape index (κ1) is 13.1. The second kappa shape index (κ2) is 5.99. The van der Waals surface area contributed by atoms with Crippen LogP contribution in [-0.4, -0.2) is 18.8 Å². The summed E-state index contributed by atoms with van der Waals surface area (Å²) in [6.07, 6.45) is 2.52. The Morgan fingerprint density at radius 2 is 2.33 bits per heavy atom. The lowest BCUT2D eigenvalue weighted by molar-refractivity contribution is 0.0130. The van der Waals surface area contributed by atoms with Crippen molar-refractivity contribution in [3.8, 4) is 6.07 Å². The van der Waals surface area contributed by atoms with E-state index in [0.717, 1.165) is 31.6 Å². The minimum atomic E-state index is 0.360. The van der Waals surface area contributed by atoms with Crippen LogP contribution in [0.15, 0.2) is 18.2 Å². The Kier molecular flexibility index (Phi) is 4.35. The summed E-state index contributed by atoms with van der Waals surface area (Å²) in [5.41, 5.74) is 3.19.